The molecule has 0 fully saturated rings. The number of nitrogens with zero attached hydrogens (tertiary/aromatic N) is 2. The molecule has 3 heteroatoms. The van der Waals surface area contributed by atoms with Crippen LogP contribution in [0, 0.1) is 5.41 Å². The van der Waals surface area contributed by atoms with E-state index in [0.717, 1.165) is 31.5 Å². The molecule has 18 heavy (non-hydrogen) atoms. The molecule has 0 saturated heterocycles. The predicted octanol–water partition coefficient (Wildman–Crippen LogP) is 3.18. The predicted molar refractivity (Wildman–Crippen MR) is 74.3 cm³/mol. The maximum absolute atomic E-state index is 6.16. The van der Waals surface area contributed by atoms with E-state index in [1.54, 1.807) is 0 Å². The van der Waals surface area contributed by atoms with E-state index in [4.69, 9.17) is 10.7 Å². The van der Waals surface area contributed by atoms with Gasteiger partial charge in [0.1, 0.15) is 5.82 Å². The van der Waals surface area contributed by atoms with Crippen molar-refractivity contribution in [2.45, 2.75) is 65.3 Å². The SMILES string of the molecule is CC(C)(C)CCc1ncc2c(n1)CCCCC2N. The zero-order chi connectivity index (χ0) is 13.2. The highest BCUT2D eigenvalue weighted by molar-refractivity contribution is 5.23. The molecule has 3 nitrogen and oxygen atoms in total. The fourth-order valence-electron chi connectivity index (χ4n) is 2.40. The van der Waals surface area contributed by atoms with Crippen molar-refractivity contribution >= 4 is 0 Å². The number of hydrogen-bond acceptors (Lipinski definition) is 3. The van der Waals surface area contributed by atoms with Crippen molar-refractivity contribution in [3.05, 3.63) is 23.3 Å². The Hall–Kier alpha value is -0.960. The molecule has 0 saturated carbocycles. The van der Waals surface area contributed by atoms with Gasteiger partial charge in [-0.1, -0.05) is 27.2 Å². The molecular formula is C15H25N3. The van der Waals surface area contributed by atoms with Gasteiger partial charge in [0.2, 0.25) is 0 Å². The molecule has 1 aliphatic carbocycles. The topological polar surface area (TPSA) is 51.8 Å². The highest BCUT2D eigenvalue weighted by atomic mass is 14.9. The van der Waals surface area contributed by atoms with Crippen LogP contribution in [0.4, 0.5) is 0 Å². The Morgan fingerprint density at radius 2 is 2.11 bits per heavy atom. The molecular weight excluding hydrogens is 222 g/mol. The van der Waals surface area contributed by atoms with Crippen LogP contribution in [-0.4, -0.2) is 9.97 Å². The number of fused-ring (bicyclic) bond motifs is 1. The van der Waals surface area contributed by atoms with Gasteiger partial charge in [0.05, 0.1) is 0 Å². The van der Waals surface area contributed by atoms with Crippen LogP contribution >= 0.6 is 0 Å². The summed E-state index contributed by atoms with van der Waals surface area (Å²) in [5.41, 5.74) is 8.87. The molecule has 1 heterocycles. The second-order valence-corrected chi connectivity index (χ2v) is 6.60. The second kappa shape index (κ2) is 5.35. The van der Waals surface area contributed by atoms with E-state index in [1.165, 1.54) is 24.1 Å². The Morgan fingerprint density at radius 3 is 2.83 bits per heavy atom. The summed E-state index contributed by atoms with van der Waals surface area (Å²) in [7, 11) is 0. The minimum absolute atomic E-state index is 0.138. The van der Waals surface area contributed by atoms with Gasteiger partial charge in [0, 0.05) is 29.9 Å². The number of rotatable bonds is 2. The molecule has 0 radical (unpaired) electrons. The molecule has 1 aromatic rings. The quantitative estimate of drug-likeness (QED) is 0.817. The van der Waals surface area contributed by atoms with Crippen molar-refractivity contribution < 1.29 is 0 Å². The van der Waals surface area contributed by atoms with Gasteiger partial charge in [0.15, 0.2) is 0 Å². The second-order valence-electron chi connectivity index (χ2n) is 6.60. The Labute approximate surface area is 110 Å². The maximum atomic E-state index is 6.16. The molecule has 2 rings (SSSR count). The van der Waals surface area contributed by atoms with Crippen LogP contribution in [0.1, 0.15) is 69.6 Å². The van der Waals surface area contributed by atoms with Crippen molar-refractivity contribution in [1.29, 1.82) is 0 Å². The normalized spacial score (nSPS) is 20.3. The van der Waals surface area contributed by atoms with Gasteiger partial charge in [-0.25, -0.2) is 9.97 Å². The minimum atomic E-state index is 0.138. The van der Waals surface area contributed by atoms with E-state index < -0.39 is 0 Å². The molecule has 2 N–H and O–H groups in total. The Morgan fingerprint density at radius 1 is 1.33 bits per heavy atom. The highest BCUT2D eigenvalue weighted by Crippen LogP contribution is 2.26. The summed E-state index contributed by atoms with van der Waals surface area (Å²) in [6, 6.07) is 0.138. The number of nitrogens with two attached hydrogens (primary N) is 1. The smallest absolute Gasteiger partial charge is 0.128 e. The molecule has 1 unspecified atom stereocenters. The Kier molecular flexibility index (Phi) is 4.00. The zero-order valence-corrected chi connectivity index (χ0v) is 11.9. The lowest BCUT2D eigenvalue weighted by molar-refractivity contribution is 0.374. The van der Waals surface area contributed by atoms with Gasteiger partial charge in [0.25, 0.3) is 0 Å². The summed E-state index contributed by atoms with van der Waals surface area (Å²) in [5, 5.41) is 0. The van der Waals surface area contributed by atoms with Gasteiger partial charge in [-0.2, -0.15) is 0 Å². The van der Waals surface area contributed by atoms with Gasteiger partial charge < -0.3 is 5.73 Å². The first-order valence-electron chi connectivity index (χ1n) is 7.06. The Bertz CT molecular complexity index is 407. The van der Waals surface area contributed by atoms with Crippen LogP contribution < -0.4 is 5.73 Å². The first-order valence-corrected chi connectivity index (χ1v) is 7.06. The average molecular weight is 247 g/mol. The summed E-state index contributed by atoms with van der Waals surface area (Å²) in [4.78, 5) is 9.23. The summed E-state index contributed by atoms with van der Waals surface area (Å²) >= 11 is 0. The van der Waals surface area contributed by atoms with Crippen LogP contribution in [-0.2, 0) is 12.8 Å². The first kappa shape index (κ1) is 13.5. The van der Waals surface area contributed by atoms with Crippen molar-refractivity contribution in [2.75, 3.05) is 0 Å². The van der Waals surface area contributed by atoms with Crippen LogP contribution in [0.5, 0.6) is 0 Å². The highest BCUT2D eigenvalue weighted by Gasteiger charge is 2.18. The van der Waals surface area contributed by atoms with Crippen LogP contribution in [0.3, 0.4) is 0 Å². The number of hydrogen-bond donors (Lipinski definition) is 1. The van der Waals surface area contributed by atoms with E-state index in [2.05, 4.69) is 25.8 Å². The molecule has 0 aromatic carbocycles. The van der Waals surface area contributed by atoms with E-state index in [9.17, 15) is 0 Å². The minimum Gasteiger partial charge on any atom is -0.324 e. The fourth-order valence-corrected chi connectivity index (χ4v) is 2.40. The molecule has 1 aliphatic rings. The third-order valence-corrected chi connectivity index (χ3v) is 3.63. The lowest BCUT2D eigenvalue weighted by atomic mass is 9.90. The van der Waals surface area contributed by atoms with Gasteiger partial charge >= 0.3 is 0 Å². The van der Waals surface area contributed by atoms with E-state index in [-0.39, 0.29) is 6.04 Å². The largest absolute Gasteiger partial charge is 0.324 e. The molecule has 1 aromatic heterocycles. The lowest BCUT2D eigenvalue weighted by Crippen LogP contribution is -2.14. The maximum Gasteiger partial charge on any atom is 0.128 e. The summed E-state index contributed by atoms with van der Waals surface area (Å²) < 4.78 is 0. The van der Waals surface area contributed by atoms with Crippen molar-refractivity contribution in [1.82, 2.24) is 9.97 Å². The van der Waals surface area contributed by atoms with Crippen molar-refractivity contribution in [3.63, 3.8) is 0 Å². The third-order valence-electron chi connectivity index (χ3n) is 3.63. The zero-order valence-electron chi connectivity index (χ0n) is 11.9. The van der Waals surface area contributed by atoms with Gasteiger partial charge in [-0.3, -0.25) is 0 Å². The van der Waals surface area contributed by atoms with E-state index >= 15 is 0 Å². The monoisotopic (exact) mass is 247 g/mol. The molecule has 0 bridgehead atoms. The number of aromatic nitrogens is 2. The molecule has 100 valence electrons. The average Bonchev–Trinajstić information content (AvgIpc) is 2.48. The third kappa shape index (κ3) is 3.52. The Balaban J connectivity index is 2.13. The molecule has 0 aliphatic heterocycles. The van der Waals surface area contributed by atoms with E-state index in [1.807, 2.05) is 6.20 Å². The lowest BCUT2D eigenvalue weighted by Gasteiger charge is -2.18. The molecule has 1 atom stereocenters. The van der Waals surface area contributed by atoms with Gasteiger partial charge in [-0.15, -0.1) is 0 Å². The number of aryl methyl sites for hydroxylation is 2. The van der Waals surface area contributed by atoms with Crippen LogP contribution in [0.15, 0.2) is 6.20 Å². The summed E-state index contributed by atoms with van der Waals surface area (Å²) in [6.45, 7) is 6.77. The first-order chi connectivity index (χ1) is 8.46. The fraction of sp³-hybridized carbons (Fsp3) is 0.733. The standard InChI is InChI=1S/C15H25N3/c1-15(2,3)9-8-14-17-10-11-12(16)6-4-5-7-13(11)18-14/h10,12H,4-9,16H2,1-3H3. The summed E-state index contributed by atoms with van der Waals surface area (Å²) in [5.74, 6) is 0.984. The molecule has 0 amide bonds. The van der Waals surface area contributed by atoms with Gasteiger partial charge in [-0.05, 0) is 31.1 Å². The van der Waals surface area contributed by atoms with Crippen LogP contribution in [0.25, 0.3) is 0 Å². The van der Waals surface area contributed by atoms with Crippen molar-refractivity contribution in [2.24, 2.45) is 11.1 Å². The molecule has 0 spiro atoms. The van der Waals surface area contributed by atoms with Crippen molar-refractivity contribution in [3.8, 4) is 0 Å². The van der Waals surface area contributed by atoms with E-state index in [0.29, 0.717) is 5.41 Å². The summed E-state index contributed by atoms with van der Waals surface area (Å²) in [6.07, 6.45) is 8.59. The van der Waals surface area contributed by atoms with Crippen LogP contribution in [0.2, 0.25) is 0 Å².